The third-order valence-corrected chi connectivity index (χ3v) is 4.38. The van der Waals surface area contributed by atoms with Gasteiger partial charge in [-0.05, 0) is 37.0 Å². The minimum Gasteiger partial charge on any atom is -0.481 e. The van der Waals surface area contributed by atoms with E-state index in [9.17, 15) is 9.90 Å². The van der Waals surface area contributed by atoms with E-state index in [1.54, 1.807) is 11.8 Å². The molecular weight excluding hydrogens is 236 g/mol. The van der Waals surface area contributed by atoms with Gasteiger partial charge in [0.25, 0.3) is 0 Å². The number of carboxylic acid groups (broad SMARTS) is 1. The summed E-state index contributed by atoms with van der Waals surface area (Å²) in [6.45, 7) is 0. The van der Waals surface area contributed by atoms with Gasteiger partial charge in [0.15, 0.2) is 0 Å². The molecule has 0 radical (unpaired) electrons. The first-order chi connectivity index (χ1) is 8.15. The second-order valence-electron chi connectivity index (χ2n) is 4.37. The summed E-state index contributed by atoms with van der Waals surface area (Å²) < 4.78 is 0. The van der Waals surface area contributed by atoms with Crippen LogP contribution in [0.25, 0.3) is 0 Å². The Hall–Kier alpha value is -1.00. The fraction of sp³-hybridized carbons (Fsp3) is 0.462. The van der Waals surface area contributed by atoms with Crippen molar-refractivity contribution in [3.05, 3.63) is 29.8 Å². The summed E-state index contributed by atoms with van der Waals surface area (Å²) in [6.07, 6.45) is 2.92. The summed E-state index contributed by atoms with van der Waals surface area (Å²) in [5.74, 6) is -0.809. The molecule has 0 saturated heterocycles. The average Bonchev–Trinajstić information content (AvgIpc) is 2.67. The molecule has 1 aromatic rings. The van der Waals surface area contributed by atoms with E-state index in [4.69, 9.17) is 5.11 Å². The van der Waals surface area contributed by atoms with Crippen molar-refractivity contribution >= 4 is 17.7 Å². The standard InChI is InChI=1S/C13H16O3S/c14-11-2-1-3-12(11)17-10-6-4-9(5-7-10)8-13(15)16/h4-7,11-12,14H,1-3,8H2,(H,15,16). The molecule has 1 aromatic carbocycles. The molecule has 0 spiro atoms. The molecule has 4 heteroatoms. The molecule has 3 nitrogen and oxygen atoms in total. The van der Waals surface area contributed by atoms with Gasteiger partial charge in [0, 0.05) is 10.1 Å². The summed E-state index contributed by atoms with van der Waals surface area (Å²) >= 11 is 1.69. The molecule has 1 aliphatic rings. The maximum atomic E-state index is 10.5. The van der Waals surface area contributed by atoms with Crippen LogP contribution in [0.3, 0.4) is 0 Å². The van der Waals surface area contributed by atoms with Gasteiger partial charge in [-0.1, -0.05) is 12.1 Å². The minimum absolute atomic E-state index is 0.0665. The third kappa shape index (κ3) is 3.48. The first-order valence-corrected chi connectivity index (χ1v) is 6.68. The fourth-order valence-corrected chi connectivity index (χ4v) is 3.30. The fourth-order valence-electron chi connectivity index (χ4n) is 2.08. The highest BCUT2D eigenvalue weighted by molar-refractivity contribution is 8.00. The van der Waals surface area contributed by atoms with Gasteiger partial charge >= 0.3 is 5.97 Å². The van der Waals surface area contributed by atoms with E-state index in [2.05, 4.69) is 0 Å². The lowest BCUT2D eigenvalue weighted by molar-refractivity contribution is -0.136. The van der Waals surface area contributed by atoms with Crippen molar-refractivity contribution in [3.8, 4) is 0 Å². The highest BCUT2D eigenvalue weighted by atomic mass is 32.2. The molecule has 0 aliphatic heterocycles. The Morgan fingerprint density at radius 2 is 2.00 bits per heavy atom. The van der Waals surface area contributed by atoms with Gasteiger partial charge in [-0.25, -0.2) is 0 Å². The lowest BCUT2D eigenvalue weighted by Crippen LogP contribution is -2.14. The molecule has 17 heavy (non-hydrogen) atoms. The van der Waals surface area contributed by atoms with Gasteiger partial charge < -0.3 is 10.2 Å². The highest BCUT2D eigenvalue weighted by Gasteiger charge is 2.25. The molecule has 0 aromatic heterocycles. The number of aliphatic hydroxyl groups excluding tert-OH is 1. The van der Waals surface area contributed by atoms with Crippen LogP contribution in [0.5, 0.6) is 0 Å². The van der Waals surface area contributed by atoms with Crippen LogP contribution in [0.15, 0.2) is 29.2 Å². The van der Waals surface area contributed by atoms with Crippen LogP contribution in [-0.2, 0) is 11.2 Å². The Bertz CT molecular complexity index is 388. The van der Waals surface area contributed by atoms with Crippen LogP contribution in [-0.4, -0.2) is 27.5 Å². The zero-order valence-electron chi connectivity index (χ0n) is 9.50. The van der Waals surface area contributed by atoms with Crippen LogP contribution in [0.1, 0.15) is 24.8 Å². The summed E-state index contributed by atoms with van der Waals surface area (Å²) in [6, 6.07) is 7.57. The van der Waals surface area contributed by atoms with Gasteiger partial charge in [0.05, 0.1) is 12.5 Å². The molecule has 1 fully saturated rings. The number of thioether (sulfide) groups is 1. The lowest BCUT2D eigenvalue weighted by atomic mass is 10.2. The average molecular weight is 252 g/mol. The van der Waals surface area contributed by atoms with Gasteiger partial charge in [0.1, 0.15) is 0 Å². The Labute approximate surface area is 105 Å². The second kappa shape index (κ2) is 5.56. The third-order valence-electron chi connectivity index (χ3n) is 2.98. The second-order valence-corrected chi connectivity index (χ2v) is 5.68. The van der Waals surface area contributed by atoms with Gasteiger partial charge in [-0.15, -0.1) is 11.8 Å². The van der Waals surface area contributed by atoms with E-state index in [1.165, 1.54) is 0 Å². The first kappa shape index (κ1) is 12.5. The normalized spacial score (nSPS) is 23.8. The van der Waals surface area contributed by atoms with Gasteiger partial charge in [0.2, 0.25) is 0 Å². The van der Waals surface area contributed by atoms with E-state index in [0.29, 0.717) is 5.25 Å². The number of aliphatic hydroxyl groups is 1. The minimum atomic E-state index is -0.809. The van der Waals surface area contributed by atoms with Crippen LogP contribution >= 0.6 is 11.8 Å². The maximum absolute atomic E-state index is 10.5. The van der Waals surface area contributed by atoms with E-state index in [1.807, 2.05) is 24.3 Å². The molecule has 2 atom stereocenters. The zero-order valence-corrected chi connectivity index (χ0v) is 10.3. The number of aliphatic carboxylic acids is 1. The van der Waals surface area contributed by atoms with Crippen LogP contribution in [0.2, 0.25) is 0 Å². The molecule has 0 heterocycles. The number of benzene rings is 1. The summed E-state index contributed by atoms with van der Waals surface area (Å²) in [5.41, 5.74) is 0.814. The monoisotopic (exact) mass is 252 g/mol. The highest BCUT2D eigenvalue weighted by Crippen LogP contribution is 2.34. The zero-order chi connectivity index (χ0) is 12.3. The molecular formula is C13H16O3S. The van der Waals surface area contributed by atoms with Crippen molar-refractivity contribution in [1.29, 1.82) is 0 Å². The number of hydrogen-bond donors (Lipinski definition) is 2. The molecule has 1 saturated carbocycles. The largest absolute Gasteiger partial charge is 0.481 e. The van der Waals surface area contributed by atoms with Crippen molar-refractivity contribution < 1.29 is 15.0 Å². The van der Waals surface area contributed by atoms with Crippen molar-refractivity contribution in [2.45, 2.75) is 41.9 Å². The number of rotatable bonds is 4. The molecule has 2 unspecified atom stereocenters. The summed E-state index contributed by atoms with van der Waals surface area (Å²) in [7, 11) is 0. The lowest BCUT2D eigenvalue weighted by Gasteiger charge is -2.13. The maximum Gasteiger partial charge on any atom is 0.307 e. The van der Waals surface area contributed by atoms with E-state index in [0.717, 1.165) is 29.7 Å². The van der Waals surface area contributed by atoms with Crippen molar-refractivity contribution in [2.75, 3.05) is 0 Å². The Morgan fingerprint density at radius 3 is 2.53 bits per heavy atom. The van der Waals surface area contributed by atoms with E-state index >= 15 is 0 Å². The van der Waals surface area contributed by atoms with Gasteiger partial charge in [-0.2, -0.15) is 0 Å². The van der Waals surface area contributed by atoms with E-state index in [-0.39, 0.29) is 12.5 Å². The number of carbonyl (C=O) groups is 1. The SMILES string of the molecule is O=C(O)Cc1ccc(SC2CCCC2O)cc1. The van der Waals surface area contributed by atoms with Crippen LogP contribution in [0.4, 0.5) is 0 Å². The Balaban J connectivity index is 1.95. The van der Waals surface area contributed by atoms with Crippen molar-refractivity contribution in [3.63, 3.8) is 0 Å². The van der Waals surface area contributed by atoms with Crippen LogP contribution in [0, 0.1) is 0 Å². The van der Waals surface area contributed by atoms with Crippen LogP contribution < -0.4 is 0 Å². The van der Waals surface area contributed by atoms with E-state index < -0.39 is 5.97 Å². The quantitative estimate of drug-likeness (QED) is 0.863. The Kier molecular flexibility index (Phi) is 4.07. The number of hydrogen-bond acceptors (Lipinski definition) is 3. The molecule has 2 rings (SSSR count). The van der Waals surface area contributed by atoms with Gasteiger partial charge in [-0.3, -0.25) is 4.79 Å². The topological polar surface area (TPSA) is 57.5 Å². The first-order valence-electron chi connectivity index (χ1n) is 5.80. The molecule has 0 bridgehead atoms. The summed E-state index contributed by atoms with van der Waals surface area (Å²) in [4.78, 5) is 11.6. The molecule has 0 amide bonds. The molecule has 1 aliphatic carbocycles. The Morgan fingerprint density at radius 1 is 1.29 bits per heavy atom. The number of carboxylic acids is 1. The molecule has 92 valence electrons. The predicted octanol–water partition coefficient (Wildman–Crippen LogP) is 2.32. The van der Waals surface area contributed by atoms with Crippen molar-refractivity contribution in [1.82, 2.24) is 0 Å². The predicted molar refractivity (Wildman–Crippen MR) is 67.3 cm³/mol. The van der Waals surface area contributed by atoms with Crippen molar-refractivity contribution in [2.24, 2.45) is 0 Å². The molecule has 2 N–H and O–H groups in total. The summed E-state index contributed by atoms with van der Waals surface area (Å²) in [5, 5.41) is 18.7. The smallest absolute Gasteiger partial charge is 0.307 e.